The highest BCUT2D eigenvalue weighted by molar-refractivity contribution is 7.63. The fourth-order valence-electron chi connectivity index (χ4n) is 5.63. The molecule has 1 atom stereocenters. The molecule has 0 saturated carbocycles. The van der Waals surface area contributed by atoms with Gasteiger partial charge in [0.25, 0.3) is 8.53 Å². The van der Waals surface area contributed by atoms with Crippen molar-refractivity contribution in [2.24, 2.45) is 0 Å². The third-order valence-corrected chi connectivity index (χ3v) is 12.5. The van der Waals surface area contributed by atoms with E-state index in [0.29, 0.717) is 0 Å². The van der Waals surface area contributed by atoms with Gasteiger partial charge < -0.3 is 43.6 Å². The number of nitrogens with zero attached hydrogens (tertiary/aromatic N) is 3. The second-order valence-electron chi connectivity index (χ2n) is 13.9. The van der Waals surface area contributed by atoms with Gasteiger partial charge in [0.1, 0.15) is 23.7 Å². The first-order chi connectivity index (χ1) is 29.1. The molecule has 1 aliphatic carbocycles. The molecule has 0 spiro atoms. The normalized spacial score (nSPS) is 12.9. The Bertz CT molecular complexity index is 2050. The molecule has 1 aromatic rings. The lowest BCUT2D eigenvalue weighted by Crippen LogP contribution is -2.37. The van der Waals surface area contributed by atoms with Crippen LogP contribution < -0.4 is 26.7 Å². The summed E-state index contributed by atoms with van der Waals surface area (Å²) in [5.74, 6) is -5.74. The molecule has 0 aromatic heterocycles. The Hall–Kier alpha value is -4.42. The van der Waals surface area contributed by atoms with Gasteiger partial charge in [-0.2, -0.15) is 31.6 Å². The highest BCUT2D eigenvalue weighted by Gasteiger charge is 2.40. The molecule has 17 nitrogen and oxygen atoms in total. The van der Waals surface area contributed by atoms with E-state index in [2.05, 4.69) is 10.3 Å². The Balaban J connectivity index is 1.93. The van der Waals surface area contributed by atoms with E-state index in [9.17, 15) is 55.2 Å². The van der Waals surface area contributed by atoms with Crippen LogP contribution in [0, 0.1) is 11.3 Å². The first-order valence-electron chi connectivity index (χ1n) is 19.3. The van der Waals surface area contributed by atoms with E-state index in [1.54, 1.807) is 10.6 Å². The summed E-state index contributed by atoms with van der Waals surface area (Å²) >= 11 is 0. The maximum absolute atomic E-state index is 14.8. The summed E-state index contributed by atoms with van der Waals surface area (Å²) in [5.41, 5.74) is -0.741. The number of rotatable bonds is 25. The van der Waals surface area contributed by atoms with Crippen LogP contribution in [0.1, 0.15) is 71.8 Å². The predicted octanol–water partition coefficient (Wildman–Crippen LogP) is 6.07. The molecular formula is C37H48F6N6O11P2. The van der Waals surface area contributed by atoms with Gasteiger partial charge in [-0.15, -0.1) is 0 Å². The van der Waals surface area contributed by atoms with Gasteiger partial charge in [0.05, 0.1) is 32.3 Å². The number of phenols is 1. The van der Waals surface area contributed by atoms with Crippen molar-refractivity contribution in [2.45, 2.75) is 97.1 Å². The molecule has 344 valence electrons. The number of phenolic OH excluding ortho intramolecular Hbond substituents is 1. The van der Waals surface area contributed by atoms with E-state index < -0.39 is 89.0 Å². The number of nitriles is 1. The molecule has 0 radical (unpaired) electrons. The van der Waals surface area contributed by atoms with Crippen LogP contribution in [0.15, 0.2) is 33.5 Å². The van der Waals surface area contributed by atoms with Crippen LogP contribution in [-0.4, -0.2) is 96.6 Å². The van der Waals surface area contributed by atoms with Crippen molar-refractivity contribution in [1.29, 1.82) is 5.26 Å². The number of amides is 3. The molecule has 1 heterocycles. The Morgan fingerprint density at radius 2 is 1.48 bits per heavy atom. The molecule has 25 heteroatoms. The highest BCUT2D eigenvalue weighted by atomic mass is 31.2. The van der Waals surface area contributed by atoms with Gasteiger partial charge in [0.2, 0.25) is 5.91 Å². The number of aryl methyl sites for hydroxylation is 1. The average molecular weight is 929 g/mol. The van der Waals surface area contributed by atoms with Crippen molar-refractivity contribution in [3.63, 3.8) is 0 Å². The number of carbonyl (C=O) groups is 3. The van der Waals surface area contributed by atoms with Crippen LogP contribution in [0.3, 0.4) is 0 Å². The number of unbranched alkanes of at least 4 members (excludes halogenated alkanes) is 2. The lowest BCUT2D eigenvalue weighted by molar-refractivity contribution is -0.173. The van der Waals surface area contributed by atoms with Crippen molar-refractivity contribution in [2.75, 3.05) is 39.6 Å². The van der Waals surface area contributed by atoms with Crippen molar-refractivity contribution in [3.8, 4) is 23.3 Å². The van der Waals surface area contributed by atoms with Crippen LogP contribution in [-0.2, 0) is 43.5 Å². The first-order valence-corrected chi connectivity index (χ1v) is 21.9. The summed E-state index contributed by atoms with van der Waals surface area (Å²) in [6, 6.07) is 6.94. The molecule has 3 amide bonds. The minimum atomic E-state index is -5.12. The molecule has 1 aliphatic heterocycles. The summed E-state index contributed by atoms with van der Waals surface area (Å²) in [4.78, 5) is 52.2. The Morgan fingerprint density at radius 1 is 0.903 bits per heavy atom. The number of aromatic hydroxyl groups is 1. The van der Waals surface area contributed by atoms with Crippen LogP contribution in [0.2, 0.25) is 0 Å². The number of nitrogens with one attached hydrogen (secondary N) is 3. The number of hydrogen-bond acceptors (Lipinski definition) is 14. The number of alkyl halides is 6. The maximum atomic E-state index is 14.8. The van der Waals surface area contributed by atoms with E-state index in [0.717, 1.165) is 6.07 Å². The van der Waals surface area contributed by atoms with Gasteiger partial charge in [0.15, 0.2) is 22.1 Å². The second-order valence-corrected chi connectivity index (χ2v) is 17.3. The minimum Gasteiger partial charge on any atom is -0.507 e. The largest absolute Gasteiger partial charge is 0.507 e. The number of fused-ring (bicyclic) bond motifs is 2. The number of benzene rings is 2. The standard InChI is InChI=1S/C37H48F6N6O11P2/c1-23(2)49(24(3)4)61(56-17-9-14-44)57-22-47-30(51)13-10-25-20-28-32(60-29-21-26(50)11-12-27(29)48-28)33(31(25)52)62(55,58-18-7-5-15-45-34(53)36(38,39)40)59-19-8-6-16-46-35(54)37(41,42)43/h11-12,20-21,23-24,52H,5-10,13,15-19,22H2,1-4H3,(H,45,53)(H,46,54)(H,47,51). The van der Waals surface area contributed by atoms with E-state index in [1.807, 2.05) is 38.4 Å². The van der Waals surface area contributed by atoms with E-state index in [-0.39, 0.29) is 98.5 Å². The number of aromatic nitrogens is 1. The fraction of sp³-hybridized carbons (Fsp3) is 0.568. The summed E-state index contributed by atoms with van der Waals surface area (Å²) in [5, 5.41) is 26.1. The molecule has 2 aliphatic rings. The molecule has 3 rings (SSSR count). The smallest absolute Gasteiger partial charge is 0.471 e. The summed E-state index contributed by atoms with van der Waals surface area (Å²) in [6.07, 6.45) is -11.0. The minimum absolute atomic E-state index is 0.00362. The van der Waals surface area contributed by atoms with Gasteiger partial charge in [0, 0.05) is 37.7 Å². The third-order valence-electron chi connectivity index (χ3n) is 8.42. The van der Waals surface area contributed by atoms with Crippen molar-refractivity contribution in [3.05, 3.63) is 40.1 Å². The molecule has 0 saturated heterocycles. The fourth-order valence-corrected chi connectivity index (χ4v) is 9.03. The maximum Gasteiger partial charge on any atom is 0.471 e. The Kier molecular flexibility index (Phi) is 20.0. The molecule has 1 unspecified atom stereocenters. The molecule has 0 fully saturated rings. The lowest BCUT2D eigenvalue weighted by Gasteiger charge is -2.35. The number of carbonyl (C=O) groups excluding carboxylic acids is 3. The van der Waals surface area contributed by atoms with Crippen LogP contribution in [0.5, 0.6) is 5.75 Å². The van der Waals surface area contributed by atoms with E-state index >= 15 is 0 Å². The molecule has 4 N–H and O–H groups in total. The summed E-state index contributed by atoms with van der Waals surface area (Å²) < 4.78 is 122. The van der Waals surface area contributed by atoms with Crippen LogP contribution in [0.25, 0.3) is 22.6 Å². The van der Waals surface area contributed by atoms with Gasteiger partial charge >= 0.3 is 31.8 Å². The summed E-state index contributed by atoms with van der Waals surface area (Å²) in [6.45, 7) is 5.67. The summed E-state index contributed by atoms with van der Waals surface area (Å²) in [7, 11) is -6.52. The zero-order valence-electron chi connectivity index (χ0n) is 34.2. The van der Waals surface area contributed by atoms with E-state index in [1.165, 1.54) is 18.2 Å². The van der Waals surface area contributed by atoms with Crippen LogP contribution in [0.4, 0.5) is 26.3 Å². The first kappa shape index (κ1) is 51.9. The highest BCUT2D eigenvalue weighted by Crippen LogP contribution is 2.52. The van der Waals surface area contributed by atoms with Crippen molar-refractivity contribution >= 4 is 50.2 Å². The van der Waals surface area contributed by atoms with Gasteiger partial charge in [-0.3, -0.25) is 23.7 Å². The van der Waals surface area contributed by atoms with Crippen LogP contribution >= 0.6 is 16.1 Å². The third kappa shape index (κ3) is 15.7. The Labute approximate surface area is 353 Å². The molecule has 62 heavy (non-hydrogen) atoms. The van der Waals surface area contributed by atoms with E-state index in [4.69, 9.17) is 27.8 Å². The van der Waals surface area contributed by atoms with Gasteiger partial charge in [-0.1, -0.05) is 0 Å². The average Bonchev–Trinajstić information content (AvgIpc) is 3.17. The van der Waals surface area contributed by atoms with Crippen molar-refractivity contribution in [1.82, 2.24) is 25.6 Å². The molecular weight excluding hydrogens is 880 g/mol. The molecule has 1 aromatic carbocycles. The Morgan fingerprint density at radius 3 is 2.02 bits per heavy atom. The zero-order chi connectivity index (χ0) is 46.3. The number of halogens is 6. The quantitative estimate of drug-likeness (QED) is 0.0249. The van der Waals surface area contributed by atoms with Gasteiger partial charge in [-0.25, -0.2) is 9.65 Å². The van der Waals surface area contributed by atoms with Gasteiger partial charge in [-0.05, 0) is 83.6 Å². The molecule has 0 bridgehead atoms. The van der Waals surface area contributed by atoms with Crippen molar-refractivity contribution < 1.29 is 72.9 Å². The predicted molar refractivity (Wildman–Crippen MR) is 212 cm³/mol. The number of hydrogen-bond donors (Lipinski definition) is 4. The second kappa shape index (κ2) is 23.9. The lowest BCUT2D eigenvalue weighted by atomic mass is 10.1. The zero-order valence-corrected chi connectivity index (χ0v) is 36.0. The monoisotopic (exact) mass is 928 g/mol. The SMILES string of the molecule is CC(C)N(C(C)C)P(OCCC#N)OCNC(=O)CCc1cc2nc3ccc(=O)cc-3oc2c(P(=O)(OCCCCNC(=O)C(F)(F)F)OCCCCNC(=O)C(F)(F)F)c1O. The topological polar surface area (TPSA) is 232 Å².